The lowest BCUT2D eigenvalue weighted by Crippen LogP contribution is -2.37. The Hall–Kier alpha value is -2.83. The maximum atomic E-state index is 13.8. The number of aromatic amines is 1. The summed E-state index contributed by atoms with van der Waals surface area (Å²) in [6.45, 7) is 5.42. The molecular weight excluding hydrogens is 505 g/mol. The molecule has 3 aromatic rings. The zero-order valence-electron chi connectivity index (χ0n) is 20.4. The van der Waals surface area contributed by atoms with E-state index in [2.05, 4.69) is 30.8 Å². The summed E-state index contributed by atoms with van der Waals surface area (Å²) < 4.78 is 66.6. The molecule has 2 aliphatic heterocycles. The van der Waals surface area contributed by atoms with E-state index < -0.39 is 26.5 Å². The van der Waals surface area contributed by atoms with Gasteiger partial charge in [-0.3, -0.25) is 0 Å². The van der Waals surface area contributed by atoms with Gasteiger partial charge < -0.3 is 10.2 Å². The van der Waals surface area contributed by atoms with Gasteiger partial charge in [0.25, 0.3) is 0 Å². The molecule has 5 rings (SSSR count). The maximum absolute atomic E-state index is 13.8. The second-order valence-corrected chi connectivity index (χ2v) is 11.9. The van der Waals surface area contributed by atoms with E-state index in [9.17, 15) is 21.6 Å². The predicted molar refractivity (Wildman–Crippen MR) is 133 cm³/mol. The third kappa shape index (κ3) is 5.55. The fourth-order valence-corrected chi connectivity index (χ4v) is 6.71. The fourth-order valence-electron chi connectivity index (χ4n) is 5.55. The van der Waals surface area contributed by atoms with Crippen molar-refractivity contribution in [2.24, 2.45) is 5.92 Å². The minimum atomic E-state index is -4.87. The zero-order valence-corrected chi connectivity index (χ0v) is 21.2. The number of alkyl halides is 3. The highest BCUT2D eigenvalue weighted by molar-refractivity contribution is 7.91. The lowest BCUT2D eigenvalue weighted by atomic mass is 9.87. The zero-order chi connectivity index (χ0) is 26.2. The van der Waals surface area contributed by atoms with Gasteiger partial charge in [-0.05, 0) is 90.5 Å². The first-order chi connectivity index (χ1) is 17.6. The van der Waals surface area contributed by atoms with Crippen molar-refractivity contribution < 1.29 is 21.6 Å². The van der Waals surface area contributed by atoms with Gasteiger partial charge in [-0.2, -0.15) is 13.2 Å². The molecule has 1 unspecified atom stereocenters. The summed E-state index contributed by atoms with van der Waals surface area (Å²) in [5, 5.41) is 16.5. The molecule has 1 aromatic heterocycles. The third-order valence-corrected chi connectivity index (χ3v) is 8.54. The molecule has 3 heterocycles. The van der Waals surface area contributed by atoms with Crippen LogP contribution >= 0.6 is 0 Å². The van der Waals surface area contributed by atoms with E-state index in [1.165, 1.54) is 18.1 Å². The number of tetrazole rings is 1. The van der Waals surface area contributed by atoms with Gasteiger partial charge in [-0.1, -0.05) is 30.3 Å². The summed E-state index contributed by atoms with van der Waals surface area (Å²) >= 11 is 0. The van der Waals surface area contributed by atoms with E-state index in [0.29, 0.717) is 17.0 Å². The number of nitrogens with one attached hydrogen (secondary N) is 2. The Balaban J connectivity index is 1.44. The standard InChI is InChI=1S/C25H29F3N6O2S/c1-37(35,36)23-21(25(26,27)28)7-6-20(22(23)24-30-32-33-31-24)19-4-2-17(3-5-19)18-9-12-34(13-10-18)15-16-8-11-29-14-16/h2-7,16,18,29H,8-15H2,1H3,(H,30,31,32,33). The van der Waals surface area contributed by atoms with Crippen molar-refractivity contribution in [3.8, 4) is 22.5 Å². The molecule has 198 valence electrons. The number of aromatic nitrogens is 4. The normalized spacial score (nSPS) is 19.9. The first-order valence-corrected chi connectivity index (χ1v) is 14.2. The van der Waals surface area contributed by atoms with E-state index in [-0.39, 0.29) is 11.4 Å². The molecule has 0 radical (unpaired) electrons. The van der Waals surface area contributed by atoms with Gasteiger partial charge in [0.15, 0.2) is 15.7 Å². The molecule has 2 N–H and O–H groups in total. The average Bonchev–Trinajstić information content (AvgIpc) is 3.57. The molecule has 0 spiro atoms. The largest absolute Gasteiger partial charge is 0.417 e. The molecule has 0 amide bonds. The molecule has 0 aliphatic carbocycles. The van der Waals surface area contributed by atoms with Gasteiger partial charge >= 0.3 is 6.18 Å². The molecule has 8 nitrogen and oxygen atoms in total. The van der Waals surface area contributed by atoms with E-state index in [0.717, 1.165) is 63.8 Å². The average molecular weight is 535 g/mol. The van der Waals surface area contributed by atoms with Gasteiger partial charge in [-0.25, -0.2) is 13.5 Å². The first kappa shape index (κ1) is 25.8. The summed E-state index contributed by atoms with van der Waals surface area (Å²) in [7, 11) is -4.29. The Morgan fingerprint density at radius 1 is 1.05 bits per heavy atom. The van der Waals surface area contributed by atoms with Crippen molar-refractivity contribution in [1.82, 2.24) is 30.8 Å². The van der Waals surface area contributed by atoms with Crippen molar-refractivity contribution in [1.29, 1.82) is 0 Å². The molecule has 0 saturated carbocycles. The van der Waals surface area contributed by atoms with Gasteiger partial charge in [0.05, 0.1) is 10.5 Å². The van der Waals surface area contributed by atoms with Crippen LogP contribution in [0.4, 0.5) is 13.2 Å². The molecular formula is C25H29F3N6O2S. The van der Waals surface area contributed by atoms with Gasteiger partial charge in [-0.15, -0.1) is 5.10 Å². The fraction of sp³-hybridized carbons (Fsp3) is 0.480. The Labute approximate surface area is 213 Å². The molecule has 2 aromatic carbocycles. The highest BCUT2D eigenvalue weighted by Crippen LogP contribution is 2.43. The molecule has 0 bridgehead atoms. The number of H-pyrrole nitrogens is 1. The first-order valence-electron chi connectivity index (χ1n) is 12.3. The number of nitrogens with zero attached hydrogens (tertiary/aromatic N) is 4. The van der Waals surface area contributed by atoms with Crippen LogP contribution in [0.15, 0.2) is 41.3 Å². The Bertz CT molecular complexity index is 1330. The lowest BCUT2D eigenvalue weighted by molar-refractivity contribution is -0.139. The van der Waals surface area contributed by atoms with E-state index >= 15 is 0 Å². The number of halogens is 3. The number of hydrogen-bond acceptors (Lipinski definition) is 7. The Morgan fingerprint density at radius 3 is 2.35 bits per heavy atom. The summed E-state index contributed by atoms with van der Waals surface area (Å²) in [6.07, 6.45) is -0.780. The summed E-state index contributed by atoms with van der Waals surface area (Å²) in [6, 6.07) is 9.71. The highest BCUT2D eigenvalue weighted by atomic mass is 32.2. The van der Waals surface area contributed by atoms with Crippen molar-refractivity contribution in [2.75, 3.05) is 39.0 Å². The van der Waals surface area contributed by atoms with Crippen LogP contribution in [0.3, 0.4) is 0 Å². The van der Waals surface area contributed by atoms with Gasteiger partial charge in [0.2, 0.25) is 0 Å². The molecule has 12 heteroatoms. The Kier molecular flexibility index (Phi) is 7.08. The van der Waals surface area contributed by atoms with Crippen LogP contribution in [0.25, 0.3) is 22.5 Å². The number of piperidine rings is 1. The molecule has 1 atom stereocenters. The molecule has 2 aliphatic rings. The summed E-state index contributed by atoms with van der Waals surface area (Å²) in [5.41, 5.74) is 0.620. The highest BCUT2D eigenvalue weighted by Gasteiger charge is 2.39. The monoisotopic (exact) mass is 534 g/mol. The van der Waals surface area contributed by atoms with E-state index in [1.807, 2.05) is 24.3 Å². The maximum Gasteiger partial charge on any atom is 0.417 e. The van der Waals surface area contributed by atoms with Crippen LogP contribution in [0.5, 0.6) is 0 Å². The molecule has 2 fully saturated rings. The SMILES string of the molecule is CS(=O)(=O)c1c(C(F)(F)F)ccc(-c2ccc(C3CCN(CC4CCNC4)CC3)cc2)c1-c1nnn[nH]1. The number of likely N-dealkylation sites (tertiary alicyclic amines) is 1. The van der Waals surface area contributed by atoms with Gasteiger partial charge in [0.1, 0.15) is 0 Å². The minimum absolute atomic E-state index is 0.143. The summed E-state index contributed by atoms with van der Waals surface area (Å²) in [5.74, 6) is 0.990. The lowest BCUT2D eigenvalue weighted by Gasteiger charge is -2.33. The molecule has 2 saturated heterocycles. The Morgan fingerprint density at radius 2 is 1.78 bits per heavy atom. The number of benzene rings is 2. The van der Waals surface area contributed by atoms with Crippen molar-refractivity contribution in [2.45, 2.75) is 36.3 Å². The van der Waals surface area contributed by atoms with Crippen molar-refractivity contribution >= 4 is 9.84 Å². The third-order valence-electron chi connectivity index (χ3n) is 7.38. The van der Waals surface area contributed by atoms with Crippen LogP contribution in [0.1, 0.15) is 36.3 Å². The second kappa shape index (κ2) is 10.1. The second-order valence-electron chi connectivity index (χ2n) is 9.94. The number of sulfone groups is 1. The van der Waals surface area contributed by atoms with Gasteiger partial charge in [0, 0.05) is 18.4 Å². The van der Waals surface area contributed by atoms with E-state index in [1.54, 1.807) is 0 Å². The predicted octanol–water partition coefficient (Wildman–Crippen LogP) is 3.74. The topological polar surface area (TPSA) is 104 Å². The van der Waals surface area contributed by atoms with Crippen LogP contribution < -0.4 is 5.32 Å². The smallest absolute Gasteiger partial charge is 0.316 e. The summed E-state index contributed by atoms with van der Waals surface area (Å²) in [4.78, 5) is 1.69. The number of rotatable bonds is 6. The van der Waals surface area contributed by atoms with Crippen LogP contribution in [-0.4, -0.2) is 72.9 Å². The van der Waals surface area contributed by atoms with Crippen LogP contribution in [0.2, 0.25) is 0 Å². The van der Waals surface area contributed by atoms with Crippen LogP contribution in [0, 0.1) is 5.92 Å². The number of hydrogen-bond donors (Lipinski definition) is 2. The minimum Gasteiger partial charge on any atom is -0.316 e. The van der Waals surface area contributed by atoms with Crippen LogP contribution in [-0.2, 0) is 16.0 Å². The molecule has 37 heavy (non-hydrogen) atoms. The van der Waals surface area contributed by atoms with Crippen molar-refractivity contribution in [3.05, 3.63) is 47.5 Å². The van der Waals surface area contributed by atoms with Crippen molar-refractivity contribution in [3.63, 3.8) is 0 Å². The van der Waals surface area contributed by atoms with E-state index in [4.69, 9.17) is 0 Å². The quantitative estimate of drug-likeness (QED) is 0.497.